The van der Waals surface area contributed by atoms with Gasteiger partial charge in [0.25, 0.3) is 0 Å². The van der Waals surface area contributed by atoms with Crippen LogP contribution < -0.4 is 4.74 Å². The molecule has 4 rings (SSSR count). The Balaban J connectivity index is 1.76. The number of methoxy groups -OCH3 is 1. The minimum Gasteiger partial charge on any atom is -0.497 e. The van der Waals surface area contributed by atoms with Crippen LogP contribution in [-0.4, -0.2) is 29.5 Å². The highest BCUT2D eigenvalue weighted by atomic mass is 16.6. The van der Waals surface area contributed by atoms with Gasteiger partial charge in [0.05, 0.1) is 18.3 Å². The quantitative estimate of drug-likeness (QED) is 0.528. The molecule has 134 valence electrons. The molecule has 6 nitrogen and oxygen atoms in total. The molecule has 0 spiro atoms. The van der Waals surface area contributed by atoms with Gasteiger partial charge in [0, 0.05) is 17.9 Å². The van der Waals surface area contributed by atoms with Crippen molar-refractivity contribution in [3.05, 3.63) is 71.6 Å². The van der Waals surface area contributed by atoms with Gasteiger partial charge in [-0.25, -0.2) is 9.79 Å². The van der Waals surface area contributed by atoms with Gasteiger partial charge in [-0.15, -0.1) is 0 Å². The molecule has 1 aliphatic heterocycles. The van der Waals surface area contributed by atoms with Crippen LogP contribution in [0.5, 0.6) is 5.75 Å². The Morgan fingerprint density at radius 2 is 1.89 bits per heavy atom. The molecule has 0 radical (unpaired) electrons. The number of esters is 1. The average Bonchev–Trinajstić information content (AvgIpc) is 3.22. The van der Waals surface area contributed by atoms with Crippen LogP contribution in [-0.2, 0) is 9.53 Å². The molecule has 0 saturated carbocycles. The number of aliphatic imine (C=N–C) groups is 1. The molecule has 3 aromatic rings. The third-order valence-corrected chi connectivity index (χ3v) is 4.30. The van der Waals surface area contributed by atoms with Gasteiger partial charge in [0.1, 0.15) is 5.75 Å². The van der Waals surface area contributed by atoms with E-state index in [2.05, 4.69) is 4.99 Å². The van der Waals surface area contributed by atoms with E-state index in [1.54, 1.807) is 42.0 Å². The maximum absolute atomic E-state index is 12.3. The molecule has 6 heteroatoms. The molecule has 0 aliphatic carbocycles. The predicted molar refractivity (Wildman–Crippen MR) is 102 cm³/mol. The minimum atomic E-state index is -0.554. The number of ether oxygens (including phenoxy) is 2. The first-order valence-corrected chi connectivity index (χ1v) is 8.35. The fraction of sp³-hybridized carbons (Fsp3) is 0.0952. The number of benzene rings is 2. The van der Waals surface area contributed by atoms with Gasteiger partial charge >= 0.3 is 5.97 Å². The summed E-state index contributed by atoms with van der Waals surface area (Å²) in [6, 6.07) is 16.4. The summed E-state index contributed by atoms with van der Waals surface area (Å²) in [6.07, 6.45) is 1.57. The third-order valence-electron chi connectivity index (χ3n) is 4.30. The van der Waals surface area contributed by atoms with Gasteiger partial charge in [-0.1, -0.05) is 18.2 Å². The summed E-state index contributed by atoms with van der Waals surface area (Å²) < 4.78 is 12.0. The van der Waals surface area contributed by atoms with Crippen LogP contribution in [0.3, 0.4) is 0 Å². The topological polar surface area (TPSA) is 69.9 Å². The summed E-state index contributed by atoms with van der Waals surface area (Å²) >= 11 is 0. The summed E-state index contributed by atoms with van der Waals surface area (Å²) in [7, 11) is 1.58. The molecule has 0 atom stereocenters. The van der Waals surface area contributed by atoms with Crippen LogP contribution >= 0.6 is 0 Å². The first-order valence-electron chi connectivity index (χ1n) is 8.35. The van der Waals surface area contributed by atoms with Gasteiger partial charge in [0.2, 0.25) is 11.8 Å². The van der Waals surface area contributed by atoms with E-state index in [1.807, 2.05) is 30.3 Å². The molecule has 0 unspecified atom stereocenters. The smallest absolute Gasteiger partial charge is 0.363 e. The van der Waals surface area contributed by atoms with Crippen LogP contribution in [0.15, 0.2) is 65.3 Å². The number of hydrogen-bond donors (Lipinski definition) is 0. The molecule has 0 bridgehead atoms. The number of rotatable bonds is 3. The van der Waals surface area contributed by atoms with Crippen LogP contribution in [0.4, 0.5) is 0 Å². The van der Waals surface area contributed by atoms with Crippen molar-refractivity contribution in [1.82, 2.24) is 4.57 Å². The van der Waals surface area contributed by atoms with E-state index in [-0.39, 0.29) is 17.5 Å². The van der Waals surface area contributed by atoms with Crippen LogP contribution in [0.1, 0.15) is 23.0 Å². The number of carbonyl (C=O) groups excluding carboxylic acids is 2. The number of para-hydroxylation sites is 1. The summed E-state index contributed by atoms with van der Waals surface area (Å²) in [5.74, 6) is 0.222. The second kappa shape index (κ2) is 6.57. The number of fused-ring (bicyclic) bond motifs is 1. The van der Waals surface area contributed by atoms with Gasteiger partial charge in [-0.3, -0.25) is 9.36 Å². The zero-order chi connectivity index (χ0) is 19.0. The SMILES string of the molecule is COc1ccc(C2=N/C(=C/c3cc4ccccc4n3C(C)=O)C(=O)O2)cc1. The largest absolute Gasteiger partial charge is 0.497 e. The summed E-state index contributed by atoms with van der Waals surface area (Å²) in [6.45, 7) is 1.48. The zero-order valence-corrected chi connectivity index (χ0v) is 14.8. The van der Waals surface area contributed by atoms with Crippen molar-refractivity contribution in [2.45, 2.75) is 6.92 Å². The molecular formula is C21H16N2O4. The van der Waals surface area contributed by atoms with E-state index in [4.69, 9.17) is 9.47 Å². The Labute approximate surface area is 155 Å². The Hall–Kier alpha value is -3.67. The highest BCUT2D eigenvalue weighted by Gasteiger charge is 2.25. The molecule has 0 saturated heterocycles. The van der Waals surface area contributed by atoms with Crippen LogP contribution in [0.2, 0.25) is 0 Å². The Morgan fingerprint density at radius 1 is 1.15 bits per heavy atom. The zero-order valence-electron chi connectivity index (χ0n) is 14.8. The monoisotopic (exact) mass is 360 g/mol. The van der Waals surface area contributed by atoms with E-state index in [1.165, 1.54) is 6.92 Å². The lowest BCUT2D eigenvalue weighted by atomic mass is 10.2. The van der Waals surface area contributed by atoms with Crippen LogP contribution in [0.25, 0.3) is 17.0 Å². The summed E-state index contributed by atoms with van der Waals surface area (Å²) in [5.41, 5.74) is 2.17. The molecule has 2 heterocycles. The Bertz CT molecular complexity index is 1120. The van der Waals surface area contributed by atoms with Gasteiger partial charge in [-0.05, 0) is 42.5 Å². The summed E-state index contributed by atoms with van der Waals surface area (Å²) in [4.78, 5) is 28.7. The van der Waals surface area contributed by atoms with E-state index in [0.717, 1.165) is 10.9 Å². The maximum Gasteiger partial charge on any atom is 0.363 e. The highest BCUT2D eigenvalue weighted by Crippen LogP contribution is 2.25. The van der Waals surface area contributed by atoms with Crippen molar-refractivity contribution < 1.29 is 19.1 Å². The molecule has 0 fully saturated rings. The highest BCUT2D eigenvalue weighted by molar-refractivity contribution is 6.13. The van der Waals surface area contributed by atoms with Crippen molar-refractivity contribution in [3.8, 4) is 5.75 Å². The maximum atomic E-state index is 12.3. The molecule has 27 heavy (non-hydrogen) atoms. The third kappa shape index (κ3) is 3.01. The lowest BCUT2D eigenvalue weighted by molar-refractivity contribution is -0.129. The van der Waals surface area contributed by atoms with E-state index >= 15 is 0 Å². The number of hydrogen-bond acceptors (Lipinski definition) is 5. The van der Waals surface area contributed by atoms with E-state index in [0.29, 0.717) is 17.0 Å². The van der Waals surface area contributed by atoms with Crippen molar-refractivity contribution in [3.63, 3.8) is 0 Å². The fourth-order valence-corrected chi connectivity index (χ4v) is 3.04. The van der Waals surface area contributed by atoms with Crippen molar-refractivity contribution in [2.24, 2.45) is 4.99 Å². The normalized spacial score (nSPS) is 15.1. The minimum absolute atomic E-state index is 0.145. The van der Waals surface area contributed by atoms with Gasteiger partial charge in [-0.2, -0.15) is 0 Å². The average molecular weight is 360 g/mol. The lowest BCUT2D eigenvalue weighted by Gasteiger charge is -2.02. The Kier molecular flexibility index (Phi) is 4.08. The van der Waals surface area contributed by atoms with Gasteiger partial charge in [0.15, 0.2) is 5.70 Å². The first-order chi connectivity index (χ1) is 13.1. The molecule has 1 aliphatic rings. The summed E-state index contributed by atoms with van der Waals surface area (Å²) in [5, 5.41) is 0.908. The predicted octanol–water partition coefficient (Wildman–Crippen LogP) is 3.65. The van der Waals surface area contributed by atoms with Gasteiger partial charge < -0.3 is 9.47 Å². The Morgan fingerprint density at radius 3 is 2.59 bits per heavy atom. The number of carbonyl (C=O) groups is 2. The van der Waals surface area contributed by atoms with Crippen molar-refractivity contribution in [2.75, 3.05) is 7.11 Å². The van der Waals surface area contributed by atoms with Crippen LogP contribution in [0, 0.1) is 0 Å². The molecule has 0 amide bonds. The number of cyclic esters (lactones) is 1. The van der Waals surface area contributed by atoms with Crippen molar-refractivity contribution in [1.29, 1.82) is 0 Å². The molecular weight excluding hydrogens is 344 g/mol. The molecule has 2 aromatic carbocycles. The van der Waals surface area contributed by atoms with E-state index in [9.17, 15) is 9.59 Å². The number of aromatic nitrogens is 1. The second-order valence-electron chi connectivity index (χ2n) is 6.05. The lowest BCUT2D eigenvalue weighted by Crippen LogP contribution is -2.08. The molecule has 1 aromatic heterocycles. The standard InChI is InChI=1S/C21H16N2O4/c1-13(24)23-16(11-15-5-3-4-6-19(15)23)12-18-21(25)27-20(22-18)14-7-9-17(26-2)10-8-14/h3-12H,1-2H3/b18-12+. The molecule has 0 N–H and O–H groups in total. The van der Waals surface area contributed by atoms with Crippen molar-refractivity contribution >= 4 is 34.8 Å². The number of nitrogens with zero attached hydrogens (tertiary/aromatic N) is 2. The fourth-order valence-electron chi connectivity index (χ4n) is 3.04. The first kappa shape index (κ1) is 16.8. The second-order valence-corrected chi connectivity index (χ2v) is 6.05. The van der Waals surface area contributed by atoms with E-state index < -0.39 is 5.97 Å².